The molecule has 0 amide bonds. The van der Waals surface area contributed by atoms with Gasteiger partial charge in [0.05, 0.1) is 5.38 Å². The normalized spacial score (nSPS) is 23.4. The summed E-state index contributed by atoms with van der Waals surface area (Å²) in [5.41, 5.74) is 1.81. The van der Waals surface area contributed by atoms with Crippen molar-refractivity contribution in [2.75, 3.05) is 0 Å². The molecule has 2 nitrogen and oxygen atoms in total. The first-order chi connectivity index (χ1) is 5.29. The Morgan fingerprint density at radius 2 is 2.45 bits per heavy atom. The first-order valence-electron chi connectivity index (χ1n) is 3.63. The molecule has 1 aliphatic carbocycles. The molecule has 0 saturated carbocycles. The van der Waals surface area contributed by atoms with E-state index in [1.807, 2.05) is 0 Å². The number of rotatable bonds is 0. The van der Waals surface area contributed by atoms with Crippen LogP contribution in [0.3, 0.4) is 0 Å². The zero-order valence-electron chi connectivity index (χ0n) is 5.93. The van der Waals surface area contributed by atoms with Crippen LogP contribution in [0.1, 0.15) is 22.5 Å². The summed E-state index contributed by atoms with van der Waals surface area (Å²) in [7, 11) is 0. The summed E-state index contributed by atoms with van der Waals surface area (Å²) < 4.78 is 0. The average Bonchev–Trinajstić information content (AvgIpc) is 2.45. The Labute approximate surface area is 69.6 Å². The molecule has 0 aliphatic heterocycles. The molecule has 0 fully saturated rings. The molecule has 2 rings (SSSR count). The smallest absolute Gasteiger partial charge is 0.182 e. The highest BCUT2D eigenvalue weighted by molar-refractivity contribution is 6.34. The lowest BCUT2D eigenvalue weighted by Gasteiger charge is -2.14. The number of Topliss-reactive ketones (excluding diaryl/α,β-unsaturated/α-hetero) is 1. The fourth-order valence-corrected chi connectivity index (χ4v) is 1.64. The van der Waals surface area contributed by atoms with Crippen molar-refractivity contribution in [3.63, 3.8) is 0 Å². The maximum Gasteiger partial charge on any atom is 0.182 e. The van der Waals surface area contributed by atoms with Crippen molar-refractivity contribution in [1.82, 2.24) is 4.98 Å². The van der Waals surface area contributed by atoms with Crippen LogP contribution >= 0.6 is 11.6 Å². The average molecular weight is 170 g/mol. The van der Waals surface area contributed by atoms with E-state index in [1.165, 1.54) is 0 Å². The number of aromatic amines is 1. The molecule has 0 bridgehead atoms. The Morgan fingerprint density at radius 1 is 1.64 bits per heavy atom. The van der Waals surface area contributed by atoms with Gasteiger partial charge in [-0.3, -0.25) is 4.79 Å². The van der Waals surface area contributed by atoms with Crippen molar-refractivity contribution in [2.45, 2.75) is 18.2 Å². The van der Waals surface area contributed by atoms with Crippen molar-refractivity contribution < 1.29 is 4.79 Å². The molecule has 0 aromatic carbocycles. The van der Waals surface area contributed by atoms with Crippen LogP contribution in [0.2, 0.25) is 0 Å². The van der Waals surface area contributed by atoms with Gasteiger partial charge in [0.1, 0.15) is 0 Å². The summed E-state index contributed by atoms with van der Waals surface area (Å²) in [5.74, 6) is 0.0640. The standard InChI is InChI=1S/C8H8ClNO/c9-6-1-2-7-5(8(6)11)3-4-10-7/h3-4,6,10H,1-2H2/t6-/m0/s1. The number of carbonyl (C=O) groups excluding carboxylic acids is 1. The van der Waals surface area contributed by atoms with Crippen LogP contribution < -0.4 is 0 Å². The Kier molecular flexibility index (Phi) is 1.50. The van der Waals surface area contributed by atoms with Crippen molar-refractivity contribution in [3.8, 4) is 0 Å². The Hall–Kier alpha value is -0.760. The molecule has 1 aliphatic rings. The predicted molar refractivity (Wildman–Crippen MR) is 43.1 cm³/mol. The fraction of sp³-hybridized carbons (Fsp3) is 0.375. The van der Waals surface area contributed by atoms with Gasteiger partial charge in [0.15, 0.2) is 5.78 Å². The second-order valence-corrected chi connectivity index (χ2v) is 3.27. The summed E-state index contributed by atoms with van der Waals surface area (Å²) in [5, 5.41) is -0.307. The number of aryl methyl sites for hydroxylation is 1. The van der Waals surface area contributed by atoms with Crippen LogP contribution in [0.25, 0.3) is 0 Å². The van der Waals surface area contributed by atoms with Crippen LogP contribution in [0.15, 0.2) is 12.3 Å². The van der Waals surface area contributed by atoms with E-state index in [0.29, 0.717) is 0 Å². The van der Waals surface area contributed by atoms with E-state index in [1.54, 1.807) is 12.3 Å². The van der Waals surface area contributed by atoms with Crippen LogP contribution in [0, 0.1) is 0 Å². The third kappa shape index (κ3) is 0.979. The molecule has 1 N–H and O–H groups in total. The third-order valence-electron chi connectivity index (χ3n) is 2.03. The molecule has 0 radical (unpaired) electrons. The zero-order chi connectivity index (χ0) is 7.84. The maximum absolute atomic E-state index is 11.3. The number of hydrogen-bond donors (Lipinski definition) is 1. The van der Waals surface area contributed by atoms with Gasteiger partial charge in [0, 0.05) is 17.5 Å². The molecule has 1 aromatic rings. The molecule has 3 heteroatoms. The monoisotopic (exact) mass is 169 g/mol. The summed E-state index contributed by atoms with van der Waals surface area (Å²) >= 11 is 5.79. The summed E-state index contributed by atoms with van der Waals surface area (Å²) in [6, 6.07) is 1.80. The summed E-state index contributed by atoms with van der Waals surface area (Å²) in [6.45, 7) is 0. The first kappa shape index (κ1) is 6.92. The van der Waals surface area contributed by atoms with Crippen molar-refractivity contribution in [1.29, 1.82) is 0 Å². The van der Waals surface area contributed by atoms with E-state index in [4.69, 9.17) is 11.6 Å². The number of fused-ring (bicyclic) bond motifs is 1. The van der Waals surface area contributed by atoms with E-state index in [9.17, 15) is 4.79 Å². The number of aromatic nitrogens is 1. The van der Waals surface area contributed by atoms with E-state index < -0.39 is 0 Å². The fourth-order valence-electron chi connectivity index (χ4n) is 1.41. The molecule has 1 heterocycles. The Balaban J connectivity index is 2.46. The second-order valence-electron chi connectivity index (χ2n) is 2.74. The number of alkyl halides is 1. The van der Waals surface area contributed by atoms with Crippen LogP contribution in [-0.2, 0) is 6.42 Å². The molecule has 11 heavy (non-hydrogen) atoms. The predicted octanol–water partition coefficient (Wildman–Crippen LogP) is 1.75. The minimum Gasteiger partial charge on any atom is -0.364 e. The minimum atomic E-state index is -0.307. The Morgan fingerprint density at radius 3 is 3.27 bits per heavy atom. The highest BCUT2D eigenvalue weighted by atomic mass is 35.5. The van der Waals surface area contributed by atoms with Gasteiger partial charge in [-0.25, -0.2) is 0 Å². The van der Waals surface area contributed by atoms with Crippen molar-refractivity contribution in [3.05, 3.63) is 23.5 Å². The quantitative estimate of drug-likeness (QED) is 0.590. The van der Waals surface area contributed by atoms with Crippen LogP contribution in [-0.4, -0.2) is 16.1 Å². The van der Waals surface area contributed by atoms with E-state index in [0.717, 1.165) is 24.1 Å². The molecular formula is C8H8ClNO. The number of hydrogen-bond acceptors (Lipinski definition) is 1. The topological polar surface area (TPSA) is 32.9 Å². The molecule has 0 saturated heterocycles. The van der Waals surface area contributed by atoms with E-state index >= 15 is 0 Å². The van der Waals surface area contributed by atoms with Gasteiger partial charge < -0.3 is 4.98 Å². The summed E-state index contributed by atoms with van der Waals surface area (Å²) in [6.07, 6.45) is 3.44. The van der Waals surface area contributed by atoms with Crippen LogP contribution in [0.5, 0.6) is 0 Å². The van der Waals surface area contributed by atoms with Gasteiger partial charge in [-0.05, 0) is 18.9 Å². The molecule has 0 unspecified atom stereocenters. The highest BCUT2D eigenvalue weighted by Crippen LogP contribution is 2.23. The van der Waals surface area contributed by atoms with E-state index in [2.05, 4.69) is 4.98 Å². The molecular weight excluding hydrogens is 162 g/mol. The van der Waals surface area contributed by atoms with Crippen molar-refractivity contribution in [2.24, 2.45) is 0 Å². The lowest BCUT2D eigenvalue weighted by Crippen LogP contribution is -2.21. The van der Waals surface area contributed by atoms with Gasteiger partial charge in [-0.1, -0.05) is 0 Å². The van der Waals surface area contributed by atoms with E-state index in [-0.39, 0.29) is 11.2 Å². The second kappa shape index (κ2) is 2.38. The lowest BCUT2D eigenvalue weighted by molar-refractivity contribution is 0.0977. The lowest BCUT2D eigenvalue weighted by atomic mass is 9.96. The molecule has 1 atom stereocenters. The maximum atomic E-state index is 11.3. The van der Waals surface area contributed by atoms with Crippen LogP contribution in [0.4, 0.5) is 0 Å². The summed E-state index contributed by atoms with van der Waals surface area (Å²) in [4.78, 5) is 14.4. The van der Waals surface area contributed by atoms with Gasteiger partial charge in [0.25, 0.3) is 0 Å². The first-order valence-corrected chi connectivity index (χ1v) is 4.07. The number of halogens is 1. The molecule has 58 valence electrons. The number of ketones is 1. The number of H-pyrrole nitrogens is 1. The zero-order valence-corrected chi connectivity index (χ0v) is 6.69. The number of nitrogens with one attached hydrogen (secondary N) is 1. The van der Waals surface area contributed by atoms with Gasteiger partial charge in [0.2, 0.25) is 0 Å². The van der Waals surface area contributed by atoms with Gasteiger partial charge in [-0.15, -0.1) is 11.6 Å². The number of carbonyl (C=O) groups is 1. The SMILES string of the molecule is O=C1c2cc[nH]c2CC[C@@H]1Cl. The van der Waals surface area contributed by atoms with Gasteiger partial charge in [-0.2, -0.15) is 0 Å². The molecule has 0 spiro atoms. The largest absolute Gasteiger partial charge is 0.364 e. The molecule has 1 aromatic heterocycles. The van der Waals surface area contributed by atoms with Gasteiger partial charge >= 0.3 is 0 Å². The highest BCUT2D eigenvalue weighted by Gasteiger charge is 2.25. The Bertz CT molecular complexity index is 292. The van der Waals surface area contributed by atoms with Crippen molar-refractivity contribution >= 4 is 17.4 Å². The minimum absolute atomic E-state index is 0.0640. The third-order valence-corrected chi connectivity index (χ3v) is 2.45.